The zero-order valence-electron chi connectivity index (χ0n) is 12.0. The van der Waals surface area contributed by atoms with Gasteiger partial charge in [0.05, 0.1) is 11.5 Å². The number of amides is 2. The quantitative estimate of drug-likeness (QED) is 0.901. The molecule has 1 aliphatic heterocycles. The molecule has 1 aromatic heterocycles. The van der Waals surface area contributed by atoms with Gasteiger partial charge in [-0.05, 0) is 39.3 Å². The monoisotopic (exact) mass is 296 g/mol. The molecule has 2 unspecified atom stereocenters. The van der Waals surface area contributed by atoms with Crippen molar-refractivity contribution in [3.63, 3.8) is 0 Å². The fraction of sp³-hybridized carbons (Fsp3) is 0.571. The third-order valence-electron chi connectivity index (χ3n) is 3.80. The number of urea groups is 1. The van der Waals surface area contributed by atoms with E-state index in [-0.39, 0.29) is 18.6 Å². The highest BCUT2D eigenvalue weighted by Gasteiger charge is 2.42. The molecule has 20 heavy (non-hydrogen) atoms. The highest BCUT2D eigenvalue weighted by Crippen LogP contribution is 2.30. The number of nitrogens with one attached hydrogen (secondary N) is 1. The topological polar surface area (TPSA) is 69.6 Å². The second kappa shape index (κ2) is 5.44. The number of hydrogen-bond acceptors (Lipinski definition) is 3. The Hall–Kier alpha value is -1.56. The lowest BCUT2D eigenvalue weighted by Gasteiger charge is -2.22. The van der Waals surface area contributed by atoms with Gasteiger partial charge in [0.25, 0.3) is 0 Å². The second-order valence-electron chi connectivity index (χ2n) is 5.66. The average molecular weight is 296 g/mol. The molecule has 0 saturated carbocycles. The summed E-state index contributed by atoms with van der Waals surface area (Å²) in [6.07, 6.45) is 0.502. The Morgan fingerprint density at radius 3 is 2.70 bits per heavy atom. The Labute approximate surface area is 122 Å². The van der Waals surface area contributed by atoms with Gasteiger partial charge in [-0.25, -0.2) is 4.79 Å². The first-order chi connectivity index (χ1) is 9.32. The molecule has 2 N–H and O–H groups in total. The van der Waals surface area contributed by atoms with Crippen LogP contribution in [0.1, 0.15) is 36.1 Å². The summed E-state index contributed by atoms with van der Waals surface area (Å²) in [5.41, 5.74) is -0.819. The number of rotatable bonds is 3. The first-order valence-electron chi connectivity index (χ1n) is 6.67. The maximum absolute atomic E-state index is 12.2. The lowest BCUT2D eigenvalue weighted by molar-refractivity contribution is -0.146. The van der Waals surface area contributed by atoms with Gasteiger partial charge in [0, 0.05) is 22.8 Å². The lowest BCUT2D eigenvalue weighted by atomic mass is 9.90. The number of carbonyl (C=O) groups is 2. The van der Waals surface area contributed by atoms with E-state index in [2.05, 4.69) is 5.32 Å². The molecule has 2 heterocycles. The van der Waals surface area contributed by atoms with Gasteiger partial charge in [-0.15, -0.1) is 11.3 Å². The van der Waals surface area contributed by atoms with E-state index < -0.39 is 11.4 Å². The van der Waals surface area contributed by atoms with Crippen LogP contribution in [0.5, 0.6) is 0 Å². The van der Waals surface area contributed by atoms with E-state index >= 15 is 0 Å². The van der Waals surface area contributed by atoms with Gasteiger partial charge < -0.3 is 15.3 Å². The fourth-order valence-corrected chi connectivity index (χ4v) is 3.22. The molecule has 0 radical (unpaired) electrons. The van der Waals surface area contributed by atoms with Crippen molar-refractivity contribution in [1.29, 1.82) is 0 Å². The maximum atomic E-state index is 12.2. The molecule has 0 spiro atoms. The van der Waals surface area contributed by atoms with Crippen LogP contribution in [0.15, 0.2) is 12.1 Å². The SMILES string of the molecule is Cc1ccc(C(C)NC(=O)N2CCC(C)(C(=O)O)C2)s1. The van der Waals surface area contributed by atoms with Crippen LogP contribution < -0.4 is 5.32 Å². The Morgan fingerprint density at radius 1 is 1.50 bits per heavy atom. The Balaban J connectivity index is 1.95. The largest absolute Gasteiger partial charge is 0.481 e. The van der Waals surface area contributed by atoms with Crippen molar-refractivity contribution < 1.29 is 14.7 Å². The molecule has 0 bridgehead atoms. The standard InChI is InChI=1S/C14H20N2O3S/c1-9-4-5-11(20-9)10(2)15-13(19)16-7-6-14(3,8-16)12(17)18/h4-5,10H,6-8H2,1-3H3,(H,15,19)(H,17,18). The Morgan fingerprint density at radius 2 is 2.20 bits per heavy atom. The van der Waals surface area contributed by atoms with Crippen molar-refractivity contribution >= 4 is 23.3 Å². The smallest absolute Gasteiger partial charge is 0.317 e. The van der Waals surface area contributed by atoms with Crippen molar-refractivity contribution in [2.24, 2.45) is 5.41 Å². The van der Waals surface area contributed by atoms with Crippen LogP contribution in [-0.2, 0) is 4.79 Å². The summed E-state index contributed by atoms with van der Waals surface area (Å²) in [6.45, 7) is 6.42. The van der Waals surface area contributed by atoms with Crippen LogP contribution in [0.4, 0.5) is 4.79 Å². The molecule has 110 valence electrons. The predicted octanol–water partition coefficient (Wildman–Crippen LogP) is 2.62. The summed E-state index contributed by atoms with van der Waals surface area (Å²) >= 11 is 1.66. The number of thiophene rings is 1. The molecular formula is C14H20N2O3S. The fourth-order valence-electron chi connectivity index (χ4n) is 2.34. The van der Waals surface area contributed by atoms with Gasteiger partial charge in [0.1, 0.15) is 0 Å². The summed E-state index contributed by atoms with van der Waals surface area (Å²) < 4.78 is 0. The predicted molar refractivity (Wildman–Crippen MR) is 77.9 cm³/mol. The highest BCUT2D eigenvalue weighted by atomic mass is 32.1. The number of carboxylic acids is 1. The Kier molecular flexibility index (Phi) is 4.04. The van der Waals surface area contributed by atoms with E-state index in [1.54, 1.807) is 23.2 Å². The molecule has 1 saturated heterocycles. The van der Waals surface area contributed by atoms with Crippen molar-refractivity contribution in [3.8, 4) is 0 Å². The lowest BCUT2D eigenvalue weighted by Crippen LogP contribution is -2.41. The number of aliphatic carboxylic acids is 1. The van der Waals surface area contributed by atoms with Crippen LogP contribution in [-0.4, -0.2) is 35.1 Å². The molecular weight excluding hydrogens is 276 g/mol. The van der Waals surface area contributed by atoms with Crippen LogP contribution in [0, 0.1) is 12.3 Å². The Bertz CT molecular complexity index is 528. The summed E-state index contributed by atoms with van der Waals surface area (Å²) in [5.74, 6) is -0.838. The van der Waals surface area contributed by atoms with E-state index in [0.717, 1.165) is 4.88 Å². The minimum atomic E-state index is -0.838. The summed E-state index contributed by atoms with van der Waals surface area (Å²) in [7, 11) is 0. The molecule has 0 aromatic carbocycles. The maximum Gasteiger partial charge on any atom is 0.317 e. The first kappa shape index (κ1) is 14.8. The van der Waals surface area contributed by atoms with Crippen LogP contribution in [0.25, 0.3) is 0 Å². The molecule has 2 atom stereocenters. The molecule has 5 nitrogen and oxygen atoms in total. The van der Waals surface area contributed by atoms with Crippen LogP contribution >= 0.6 is 11.3 Å². The van der Waals surface area contributed by atoms with Gasteiger partial charge in [0.15, 0.2) is 0 Å². The molecule has 2 rings (SSSR count). The molecule has 1 fully saturated rings. The van der Waals surface area contributed by atoms with Crippen molar-refractivity contribution in [2.45, 2.75) is 33.2 Å². The number of carboxylic acid groups (broad SMARTS) is 1. The summed E-state index contributed by atoms with van der Waals surface area (Å²) in [6, 6.07) is 3.79. The van der Waals surface area contributed by atoms with E-state index in [0.29, 0.717) is 13.0 Å². The van der Waals surface area contributed by atoms with Crippen molar-refractivity contribution in [3.05, 3.63) is 21.9 Å². The highest BCUT2D eigenvalue weighted by molar-refractivity contribution is 7.12. The third-order valence-corrected chi connectivity index (χ3v) is 4.99. The number of hydrogen-bond donors (Lipinski definition) is 2. The van der Waals surface area contributed by atoms with E-state index in [1.165, 1.54) is 4.88 Å². The van der Waals surface area contributed by atoms with E-state index in [4.69, 9.17) is 0 Å². The second-order valence-corrected chi connectivity index (χ2v) is 6.98. The number of likely N-dealkylation sites (tertiary alicyclic amines) is 1. The molecule has 6 heteroatoms. The number of aryl methyl sites for hydroxylation is 1. The average Bonchev–Trinajstić information content (AvgIpc) is 2.96. The van der Waals surface area contributed by atoms with Gasteiger partial charge in [-0.2, -0.15) is 0 Å². The van der Waals surface area contributed by atoms with Crippen LogP contribution in [0.3, 0.4) is 0 Å². The van der Waals surface area contributed by atoms with Gasteiger partial charge in [-0.1, -0.05) is 0 Å². The molecule has 1 aromatic rings. The van der Waals surface area contributed by atoms with Gasteiger partial charge in [-0.3, -0.25) is 4.79 Å². The zero-order chi connectivity index (χ0) is 14.9. The van der Waals surface area contributed by atoms with E-state index in [1.807, 2.05) is 26.0 Å². The first-order valence-corrected chi connectivity index (χ1v) is 7.49. The van der Waals surface area contributed by atoms with Gasteiger partial charge >= 0.3 is 12.0 Å². The molecule has 1 aliphatic rings. The number of carbonyl (C=O) groups excluding carboxylic acids is 1. The van der Waals surface area contributed by atoms with Crippen molar-refractivity contribution in [1.82, 2.24) is 10.2 Å². The molecule has 2 amide bonds. The summed E-state index contributed by atoms with van der Waals surface area (Å²) in [4.78, 5) is 27.3. The van der Waals surface area contributed by atoms with Gasteiger partial charge in [0.2, 0.25) is 0 Å². The number of nitrogens with zero attached hydrogens (tertiary/aromatic N) is 1. The minimum Gasteiger partial charge on any atom is -0.481 e. The third kappa shape index (κ3) is 2.95. The summed E-state index contributed by atoms with van der Waals surface area (Å²) in [5, 5.41) is 12.1. The van der Waals surface area contributed by atoms with Crippen molar-refractivity contribution in [2.75, 3.05) is 13.1 Å². The molecule has 0 aliphatic carbocycles. The minimum absolute atomic E-state index is 0.0575. The van der Waals surface area contributed by atoms with E-state index in [9.17, 15) is 14.7 Å². The normalized spacial score (nSPS) is 23.6. The van der Waals surface area contributed by atoms with Crippen LogP contribution in [0.2, 0.25) is 0 Å². The zero-order valence-corrected chi connectivity index (χ0v) is 12.8.